The van der Waals surface area contributed by atoms with Crippen LogP contribution in [0.5, 0.6) is 0 Å². The quantitative estimate of drug-likeness (QED) is 0.681. The minimum atomic E-state index is -1.22. The summed E-state index contributed by atoms with van der Waals surface area (Å²) in [6.07, 6.45) is 0.203. The lowest BCUT2D eigenvalue weighted by atomic mass is 10.1. The number of hydrogen-bond acceptors (Lipinski definition) is 6. The summed E-state index contributed by atoms with van der Waals surface area (Å²) in [5, 5.41) is 24.8. The number of likely N-dealkylation sites (N-methyl/N-ethyl adjacent to an activating group) is 1. The van der Waals surface area contributed by atoms with Crippen LogP contribution in [0.4, 0.5) is 10.1 Å². The number of fused-ring (bicyclic) bond motifs is 1. The van der Waals surface area contributed by atoms with Gasteiger partial charge >= 0.3 is 0 Å². The van der Waals surface area contributed by atoms with Crippen molar-refractivity contribution in [2.45, 2.75) is 19.4 Å². The zero-order chi connectivity index (χ0) is 24.1. The van der Waals surface area contributed by atoms with Gasteiger partial charge in [-0.3, -0.25) is 19.1 Å². The molecule has 0 saturated carbocycles. The maximum Gasteiger partial charge on any atom is 0.272 e. The highest BCUT2D eigenvalue weighted by molar-refractivity contribution is 5.99. The number of halogens is 1. The Bertz CT molecular complexity index is 1180. The Labute approximate surface area is 189 Å². The van der Waals surface area contributed by atoms with Crippen molar-refractivity contribution >= 4 is 23.4 Å². The van der Waals surface area contributed by atoms with Crippen molar-refractivity contribution in [3.05, 3.63) is 35.5 Å². The topological polar surface area (TPSA) is 135 Å². The predicted octanol–water partition coefficient (Wildman–Crippen LogP) is 1.72. The first-order valence-electron chi connectivity index (χ1n) is 10.2. The standard InChI is InChI=1S/C22H22FN7O3/c1-14-12-29(13-21(32)28(2)7-3-6-24)22(33)19-9-18(27-30(14)19)16-5-4-15(11-25)8-17(16)26-20(31)10-23/h4-5,8-9,14H,3,7,10,12-13H2,1-2H3,(H,26,31)/t14-/m0/s1. The lowest BCUT2D eigenvalue weighted by Gasteiger charge is -2.32. The van der Waals surface area contributed by atoms with E-state index in [-0.39, 0.29) is 60.9 Å². The molecule has 0 aliphatic carbocycles. The molecule has 3 rings (SSSR count). The van der Waals surface area contributed by atoms with E-state index >= 15 is 0 Å². The molecule has 10 nitrogen and oxygen atoms in total. The molecule has 33 heavy (non-hydrogen) atoms. The third-order valence-electron chi connectivity index (χ3n) is 5.28. The summed E-state index contributed by atoms with van der Waals surface area (Å²) in [7, 11) is 1.58. The molecular weight excluding hydrogens is 429 g/mol. The van der Waals surface area contributed by atoms with Gasteiger partial charge in [0.1, 0.15) is 12.2 Å². The maximum absolute atomic E-state index is 13.1. The number of amides is 3. The van der Waals surface area contributed by atoms with E-state index in [9.17, 15) is 18.8 Å². The number of nitriles is 2. The van der Waals surface area contributed by atoms with E-state index in [1.165, 1.54) is 21.9 Å². The number of nitrogens with zero attached hydrogens (tertiary/aromatic N) is 6. The number of nitrogens with one attached hydrogen (secondary N) is 1. The number of aromatic nitrogens is 2. The average Bonchev–Trinajstić information content (AvgIpc) is 3.26. The van der Waals surface area contributed by atoms with E-state index in [2.05, 4.69) is 10.4 Å². The Morgan fingerprint density at radius 2 is 2.09 bits per heavy atom. The SMILES string of the molecule is C[C@H]1CN(CC(=O)N(C)CCC#N)C(=O)c2cc(-c3ccc(C#N)cc3NC(=O)CF)nn21. The molecule has 0 radical (unpaired) electrons. The molecule has 0 fully saturated rings. The Balaban J connectivity index is 1.90. The van der Waals surface area contributed by atoms with Crippen LogP contribution in [0.15, 0.2) is 24.3 Å². The smallest absolute Gasteiger partial charge is 0.272 e. The molecule has 1 aliphatic rings. The predicted molar refractivity (Wildman–Crippen MR) is 115 cm³/mol. The third-order valence-corrected chi connectivity index (χ3v) is 5.28. The molecule has 0 saturated heterocycles. The van der Waals surface area contributed by atoms with Crippen LogP contribution in [0.25, 0.3) is 11.3 Å². The molecule has 1 atom stereocenters. The van der Waals surface area contributed by atoms with Crippen molar-refractivity contribution < 1.29 is 18.8 Å². The van der Waals surface area contributed by atoms with Gasteiger partial charge in [0, 0.05) is 25.7 Å². The van der Waals surface area contributed by atoms with Gasteiger partial charge in [-0.05, 0) is 31.2 Å². The second-order valence-electron chi connectivity index (χ2n) is 7.67. The van der Waals surface area contributed by atoms with Crippen molar-refractivity contribution in [3.8, 4) is 23.4 Å². The molecule has 0 bridgehead atoms. The summed E-state index contributed by atoms with van der Waals surface area (Å²) in [5.74, 6) is -1.52. The van der Waals surface area contributed by atoms with Crippen LogP contribution in [-0.2, 0) is 9.59 Å². The van der Waals surface area contributed by atoms with E-state index in [1.54, 1.807) is 23.9 Å². The molecule has 1 N–H and O–H groups in total. The number of benzene rings is 1. The van der Waals surface area contributed by atoms with Crippen LogP contribution in [0.3, 0.4) is 0 Å². The zero-order valence-corrected chi connectivity index (χ0v) is 18.2. The summed E-state index contributed by atoms with van der Waals surface area (Å²) in [5.41, 5.74) is 1.54. The van der Waals surface area contributed by atoms with E-state index in [0.29, 0.717) is 11.3 Å². The average molecular weight is 451 g/mol. The molecule has 2 aromatic rings. The van der Waals surface area contributed by atoms with Crippen molar-refractivity contribution in [2.24, 2.45) is 0 Å². The van der Waals surface area contributed by atoms with Crippen LogP contribution in [0, 0.1) is 22.7 Å². The maximum atomic E-state index is 13.1. The number of hydrogen-bond donors (Lipinski definition) is 1. The highest BCUT2D eigenvalue weighted by Gasteiger charge is 2.33. The van der Waals surface area contributed by atoms with Gasteiger partial charge in [-0.2, -0.15) is 15.6 Å². The molecule has 2 heterocycles. The molecule has 1 aromatic carbocycles. The number of alkyl halides is 1. The summed E-state index contributed by atoms with van der Waals surface area (Å²) in [6.45, 7) is 1.05. The molecule has 170 valence electrons. The zero-order valence-electron chi connectivity index (χ0n) is 18.2. The molecular formula is C22H22FN7O3. The molecule has 0 unspecified atom stereocenters. The molecule has 11 heteroatoms. The third kappa shape index (κ3) is 4.99. The normalized spacial score (nSPS) is 14.8. The van der Waals surface area contributed by atoms with Crippen LogP contribution >= 0.6 is 0 Å². The Morgan fingerprint density at radius 3 is 2.76 bits per heavy atom. The van der Waals surface area contributed by atoms with E-state index in [0.717, 1.165) is 0 Å². The van der Waals surface area contributed by atoms with E-state index < -0.39 is 12.6 Å². The number of rotatable bonds is 7. The number of carbonyl (C=O) groups excluding carboxylic acids is 3. The lowest BCUT2D eigenvalue weighted by Crippen LogP contribution is -2.47. The summed E-state index contributed by atoms with van der Waals surface area (Å²) >= 11 is 0. The molecule has 1 aliphatic heterocycles. The van der Waals surface area contributed by atoms with Gasteiger partial charge in [0.2, 0.25) is 5.91 Å². The molecule has 1 aromatic heterocycles. The van der Waals surface area contributed by atoms with Crippen molar-refractivity contribution in [3.63, 3.8) is 0 Å². The number of anilines is 1. The number of carbonyl (C=O) groups is 3. The van der Waals surface area contributed by atoms with Crippen molar-refractivity contribution in [1.82, 2.24) is 19.6 Å². The van der Waals surface area contributed by atoms with Gasteiger partial charge in [-0.25, -0.2) is 4.39 Å². The van der Waals surface area contributed by atoms with Gasteiger partial charge in [0.05, 0.1) is 41.5 Å². The minimum absolute atomic E-state index is 0.125. The van der Waals surface area contributed by atoms with Crippen LogP contribution in [0.2, 0.25) is 0 Å². The highest BCUT2D eigenvalue weighted by atomic mass is 19.1. The minimum Gasteiger partial charge on any atom is -0.343 e. The fourth-order valence-electron chi connectivity index (χ4n) is 3.55. The van der Waals surface area contributed by atoms with E-state index in [4.69, 9.17) is 10.5 Å². The first kappa shape index (κ1) is 23.4. The second-order valence-corrected chi connectivity index (χ2v) is 7.67. The van der Waals surface area contributed by atoms with Gasteiger partial charge < -0.3 is 15.1 Å². The van der Waals surface area contributed by atoms with Gasteiger partial charge in [0.15, 0.2) is 6.67 Å². The Kier molecular flexibility index (Phi) is 7.04. The largest absolute Gasteiger partial charge is 0.343 e. The Morgan fingerprint density at radius 1 is 1.33 bits per heavy atom. The second kappa shape index (κ2) is 9.92. The summed E-state index contributed by atoms with van der Waals surface area (Å²) < 4.78 is 14.3. The fourth-order valence-corrected chi connectivity index (χ4v) is 3.55. The fraction of sp³-hybridized carbons (Fsp3) is 0.364. The van der Waals surface area contributed by atoms with Crippen LogP contribution < -0.4 is 5.32 Å². The van der Waals surface area contributed by atoms with Crippen molar-refractivity contribution in [2.75, 3.05) is 38.7 Å². The van der Waals surface area contributed by atoms with Crippen LogP contribution in [-0.4, -0.2) is 70.7 Å². The Hall–Kier alpha value is -4.25. The lowest BCUT2D eigenvalue weighted by molar-refractivity contribution is -0.130. The van der Waals surface area contributed by atoms with Gasteiger partial charge in [-0.15, -0.1) is 0 Å². The summed E-state index contributed by atoms with van der Waals surface area (Å²) in [4.78, 5) is 40.0. The molecule has 0 spiro atoms. The van der Waals surface area contributed by atoms with Gasteiger partial charge in [-0.1, -0.05) is 0 Å². The van der Waals surface area contributed by atoms with E-state index in [1.807, 2.05) is 19.1 Å². The van der Waals surface area contributed by atoms with Crippen LogP contribution in [0.1, 0.15) is 35.4 Å². The first-order chi connectivity index (χ1) is 15.8. The first-order valence-corrected chi connectivity index (χ1v) is 10.2. The molecule has 3 amide bonds. The van der Waals surface area contributed by atoms with Crippen molar-refractivity contribution in [1.29, 1.82) is 10.5 Å². The monoisotopic (exact) mass is 451 g/mol. The van der Waals surface area contributed by atoms with Gasteiger partial charge in [0.25, 0.3) is 11.8 Å². The summed E-state index contributed by atoms with van der Waals surface area (Å²) in [6, 6.07) is 9.77. The highest BCUT2D eigenvalue weighted by Crippen LogP contribution is 2.31.